The van der Waals surface area contributed by atoms with Gasteiger partial charge in [-0.25, -0.2) is 14.2 Å². The number of halogens is 1. The fourth-order valence-electron chi connectivity index (χ4n) is 2.09. The van der Waals surface area contributed by atoms with Crippen LogP contribution in [0.1, 0.15) is 10.5 Å². The topological polar surface area (TPSA) is 80.6 Å². The first-order chi connectivity index (χ1) is 9.56. The molecule has 0 spiro atoms. The van der Waals surface area contributed by atoms with E-state index in [4.69, 9.17) is 5.73 Å². The van der Waals surface area contributed by atoms with E-state index in [0.717, 1.165) is 0 Å². The van der Waals surface area contributed by atoms with Gasteiger partial charge in [-0.1, -0.05) is 12.1 Å². The number of fused-ring (bicyclic) bond motifs is 1. The number of imidazole rings is 1. The summed E-state index contributed by atoms with van der Waals surface area (Å²) in [7, 11) is 0. The van der Waals surface area contributed by atoms with Gasteiger partial charge in [-0.15, -0.1) is 0 Å². The zero-order chi connectivity index (χ0) is 14.3. The number of nitrogen functional groups attached to an aromatic ring is 1. The summed E-state index contributed by atoms with van der Waals surface area (Å²) in [5.41, 5.74) is 6.98. The number of anilines is 1. The molecule has 6 heteroatoms. The maximum atomic E-state index is 13.3. The first kappa shape index (κ1) is 12.2. The van der Waals surface area contributed by atoms with Gasteiger partial charge in [0.2, 0.25) is 0 Å². The van der Waals surface area contributed by atoms with Gasteiger partial charge in [0.25, 0.3) is 0 Å². The molecule has 100 valence electrons. The molecule has 0 amide bonds. The first-order valence-electron chi connectivity index (χ1n) is 5.83. The van der Waals surface area contributed by atoms with Crippen molar-refractivity contribution >= 4 is 17.2 Å². The molecule has 1 aromatic carbocycles. The molecule has 0 saturated carbocycles. The molecule has 3 rings (SSSR count). The number of pyridine rings is 1. The summed E-state index contributed by atoms with van der Waals surface area (Å²) >= 11 is 0. The van der Waals surface area contributed by atoms with Crippen LogP contribution in [0.25, 0.3) is 16.9 Å². The van der Waals surface area contributed by atoms with Crippen LogP contribution in [-0.4, -0.2) is 20.5 Å². The molecule has 3 aromatic rings. The lowest BCUT2D eigenvalue weighted by molar-refractivity contribution is 0.0693. The zero-order valence-electron chi connectivity index (χ0n) is 10.2. The van der Waals surface area contributed by atoms with E-state index in [2.05, 4.69) is 4.98 Å². The summed E-state index contributed by atoms with van der Waals surface area (Å²) in [5, 5.41) is 9.19. The van der Waals surface area contributed by atoms with Gasteiger partial charge in [-0.2, -0.15) is 0 Å². The van der Waals surface area contributed by atoms with E-state index in [1.807, 2.05) is 0 Å². The van der Waals surface area contributed by atoms with Crippen LogP contribution in [0.2, 0.25) is 0 Å². The summed E-state index contributed by atoms with van der Waals surface area (Å²) in [5.74, 6) is -1.22. The Morgan fingerprint density at radius 3 is 2.80 bits per heavy atom. The van der Waals surface area contributed by atoms with Gasteiger partial charge in [0.15, 0.2) is 5.69 Å². The summed E-state index contributed by atoms with van der Waals surface area (Å²) < 4.78 is 14.9. The predicted octanol–water partition coefficient (Wildman–Crippen LogP) is 2.42. The minimum absolute atomic E-state index is 0.0933. The van der Waals surface area contributed by atoms with Crippen molar-refractivity contribution in [3.8, 4) is 11.4 Å². The fraction of sp³-hybridized carbons (Fsp3) is 0. The molecule has 0 fully saturated rings. The number of hydrogen-bond donors (Lipinski definition) is 2. The van der Waals surface area contributed by atoms with Crippen LogP contribution < -0.4 is 5.73 Å². The molecule has 0 aliphatic rings. The normalized spacial score (nSPS) is 10.8. The highest BCUT2D eigenvalue weighted by molar-refractivity contribution is 5.95. The van der Waals surface area contributed by atoms with Crippen LogP contribution >= 0.6 is 0 Å². The van der Waals surface area contributed by atoms with Crippen LogP contribution in [0.5, 0.6) is 0 Å². The Morgan fingerprint density at radius 2 is 2.10 bits per heavy atom. The molecule has 0 bridgehead atoms. The minimum Gasteiger partial charge on any atom is -0.476 e. The SMILES string of the molecule is Nc1ccc2c(C(=O)O)nc(-c3cccc(F)c3)n2c1. The fourth-order valence-corrected chi connectivity index (χ4v) is 2.09. The number of nitrogens with two attached hydrogens (primary N) is 1. The number of carboxylic acids is 1. The second-order valence-electron chi connectivity index (χ2n) is 4.32. The lowest BCUT2D eigenvalue weighted by Crippen LogP contribution is -1.97. The Bertz CT molecular complexity index is 826. The first-order valence-corrected chi connectivity index (χ1v) is 5.83. The van der Waals surface area contributed by atoms with Crippen molar-refractivity contribution in [2.45, 2.75) is 0 Å². The number of aromatic nitrogens is 2. The molecular formula is C14H10FN3O2. The standard InChI is InChI=1S/C14H10FN3O2/c15-9-3-1-2-8(6-9)13-17-12(14(19)20)11-5-4-10(16)7-18(11)13/h1-7H,16H2,(H,19,20). The molecule has 0 saturated heterocycles. The summed E-state index contributed by atoms with van der Waals surface area (Å²) in [6, 6.07) is 8.98. The van der Waals surface area contributed by atoms with Crippen molar-refractivity contribution in [3.63, 3.8) is 0 Å². The Hall–Kier alpha value is -2.89. The van der Waals surface area contributed by atoms with Crippen LogP contribution in [0.4, 0.5) is 10.1 Å². The molecule has 0 aliphatic carbocycles. The van der Waals surface area contributed by atoms with Crippen molar-refractivity contribution in [3.05, 3.63) is 54.1 Å². The van der Waals surface area contributed by atoms with Gasteiger partial charge in [-0.3, -0.25) is 4.40 Å². The molecule has 0 aliphatic heterocycles. The average Bonchev–Trinajstić information content (AvgIpc) is 2.77. The van der Waals surface area contributed by atoms with Gasteiger partial charge >= 0.3 is 5.97 Å². The maximum absolute atomic E-state index is 13.3. The molecule has 3 N–H and O–H groups in total. The van der Waals surface area contributed by atoms with Crippen LogP contribution in [0.15, 0.2) is 42.6 Å². The number of rotatable bonds is 2. The Labute approximate surface area is 113 Å². The second-order valence-corrected chi connectivity index (χ2v) is 4.32. The van der Waals surface area contributed by atoms with E-state index in [1.54, 1.807) is 34.9 Å². The van der Waals surface area contributed by atoms with Crippen LogP contribution in [0.3, 0.4) is 0 Å². The smallest absolute Gasteiger partial charge is 0.356 e. The number of carboxylic acid groups (broad SMARTS) is 1. The molecular weight excluding hydrogens is 261 g/mol. The van der Waals surface area contributed by atoms with Crippen molar-refractivity contribution < 1.29 is 14.3 Å². The van der Waals surface area contributed by atoms with Crippen molar-refractivity contribution in [1.29, 1.82) is 0 Å². The highest BCUT2D eigenvalue weighted by atomic mass is 19.1. The van der Waals surface area contributed by atoms with E-state index >= 15 is 0 Å². The van der Waals surface area contributed by atoms with E-state index in [9.17, 15) is 14.3 Å². The van der Waals surface area contributed by atoms with Crippen LogP contribution in [-0.2, 0) is 0 Å². The molecule has 2 aromatic heterocycles. The number of nitrogens with zero attached hydrogens (tertiary/aromatic N) is 2. The molecule has 2 heterocycles. The predicted molar refractivity (Wildman–Crippen MR) is 72.0 cm³/mol. The molecule has 0 unspecified atom stereocenters. The second kappa shape index (κ2) is 4.34. The Kier molecular flexibility index (Phi) is 2.64. The molecule has 0 atom stereocenters. The highest BCUT2D eigenvalue weighted by Crippen LogP contribution is 2.24. The number of aromatic carboxylic acids is 1. The summed E-state index contributed by atoms with van der Waals surface area (Å²) in [6.45, 7) is 0. The molecule has 20 heavy (non-hydrogen) atoms. The maximum Gasteiger partial charge on any atom is 0.356 e. The van der Waals surface area contributed by atoms with Crippen molar-refractivity contribution in [2.75, 3.05) is 5.73 Å². The van der Waals surface area contributed by atoms with E-state index in [1.165, 1.54) is 12.1 Å². The Morgan fingerprint density at radius 1 is 1.30 bits per heavy atom. The number of hydrogen-bond acceptors (Lipinski definition) is 3. The minimum atomic E-state index is -1.14. The van der Waals surface area contributed by atoms with Crippen molar-refractivity contribution in [2.24, 2.45) is 0 Å². The van der Waals surface area contributed by atoms with Gasteiger partial charge in [-0.05, 0) is 24.3 Å². The summed E-state index contributed by atoms with van der Waals surface area (Å²) in [6.07, 6.45) is 1.56. The Balaban J connectivity index is 2.35. The largest absolute Gasteiger partial charge is 0.476 e. The molecule has 5 nitrogen and oxygen atoms in total. The monoisotopic (exact) mass is 271 g/mol. The lowest BCUT2D eigenvalue weighted by atomic mass is 10.2. The van der Waals surface area contributed by atoms with Crippen LogP contribution in [0, 0.1) is 5.82 Å². The average molecular weight is 271 g/mol. The third-order valence-electron chi connectivity index (χ3n) is 2.95. The van der Waals surface area contributed by atoms with Gasteiger partial charge in [0.1, 0.15) is 11.6 Å². The van der Waals surface area contributed by atoms with Gasteiger partial charge in [0.05, 0.1) is 5.52 Å². The van der Waals surface area contributed by atoms with Gasteiger partial charge in [0, 0.05) is 17.4 Å². The quantitative estimate of drug-likeness (QED) is 0.750. The highest BCUT2D eigenvalue weighted by Gasteiger charge is 2.17. The lowest BCUT2D eigenvalue weighted by Gasteiger charge is -2.02. The third-order valence-corrected chi connectivity index (χ3v) is 2.95. The van der Waals surface area contributed by atoms with Crippen molar-refractivity contribution in [1.82, 2.24) is 9.38 Å². The summed E-state index contributed by atoms with van der Waals surface area (Å²) in [4.78, 5) is 15.3. The van der Waals surface area contributed by atoms with E-state index in [-0.39, 0.29) is 5.69 Å². The molecule has 0 radical (unpaired) electrons. The van der Waals surface area contributed by atoms with E-state index in [0.29, 0.717) is 22.6 Å². The number of carbonyl (C=O) groups is 1. The third kappa shape index (κ3) is 1.87. The number of benzene rings is 1. The van der Waals surface area contributed by atoms with Gasteiger partial charge < -0.3 is 10.8 Å². The van der Waals surface area contributed by atoms with E-state index < -0.39 is 11.8 Å². The zero-order valence-corrected chi connectivity index (χ0v) is 10.2.